The number of rotatable bonds is 7. The molecule has 3 aromatic heterocycles. The van der Waals surface area contributed by atoms with Gasteiger partial charge in [-0.15, -0.1) is 34.0 Å². The Balaban J connectivity index is 1.21. The molecule has 2 aliphatic carbocycles. The van der Waals surface area contributed by atoms with E-state index in [2.05, 4.69) is 73.8 Å². The topological polar surface area (TPSA) is 73.1 Å². The van der Waals surface area contributed by atoms with Crippen molar-refractivity contribution in [1.29, 1.82) is 5.26 Å². The molecular formula is C35H28N2O2S3. The molecule has 0 radical (unpaired) electrons. The smallest absolute Gasteiger partial charge is 0.346 e. The van der Waals surface area contributed by atoms with Gasteiger partial charge in [0.25, 0.3) is 0 Å². The molecule has 7 heteroatoms. The number of nitrogens with one attached hydrogen (secondary N) is 1. The molecule has 0 saturated carbocycles. The Kier molecular flexibility index (Phi) is 6.66. The molecule has 0 amide bonds. The number of hydrogen-bond acceptors (Lipinski definition) is 6. The third kappa shape index (κ3) is 4.25. The quantitative estimate of drug-likeness (QED) is 0.143. The van der Waals surface area contributed by atoms with E-state index >= 15 is 0 Å². The Morgan fingerprint density at radius 2 is 1.79 bits per heavy atom. The number of hydrogen-bond donors (Lipinski definition) is 2. The molecule has 0 bridgehead atoms. The number of allylic oxidation sites excluding steroid dienone is 1. The molecule has 2 aliphatic rings. The molecule has 5 aromatic rings. The summed E-state index contributed by atoms with van der Waals surface area (Å²) in [6.07, 6.45) is 9.16. The number of nitrogens with zero attached hydrogens (tertiary/aromatic N) is 1. The summed E-state index contributed by atoms with van der Waals surface area (Å²) in [4.78, 5) is 17.7. The van der Waals surface area contributed by atoms with Gasteiger partial charge in [-0.1, -0.05) is 50.3 Å². The van der Waals surface area contributed by atoms with Crippen LogP contribution in [-0.4, -0.2) is 11.1 Å². The van der Waals surface area contributed by atoms with E-state index in [1.165, 1.54) is 52.4 Å². The number of fused-ring (bicyclic) bond motifs is 6. The first-order chi connectivity index (χ1) is 20.4. The first kappa shape index (κ1) is 26.9. The molecule has 2 N–H and O–H groups in total. The monoisotopic (exact) mass is 604 g/mol. The van der Waals surface area contributed by atoms with Crippen LogP contribution in [0.2, 0.25) is 0 Å². The molecule has 0 saturated heterocycles. The molecular weight excluding hydrogens is 577 g/mol. The molecule has 42 heavy (non-hydrogen) atoms. The molecule has 1 atom stereocenters. The van der Waals surface area contributed by atoms with Gasteiger partial charge in [0, 0.05) is 57.2 Å². The highest BCUT2D eigenvalue weighted by Crippen LogP contribution is 2.59. The summed E-state index contributed by atoms with van der Waals surface area (Å²) in [5, 5.41) is 23.5. The van der Waals surface area contributed by atoms with Crippen LogP contribution in [0.3, 0.4) is 0 Å². The largest absolute Gasteiger partial charge is 0.477 e. The maximum atomic E-state index is 11.5. The molecule has 4 nitrogen and oxygen atoms in total. The molecule has 7 rings (SSSR count). The SMILES string of the molecule is CCC1(CC)c2cc(/C=C(\C#N)C(=O)O)sc2-c2sc(C3C=Cc4c(sc5cc(Nc6ccccc6)ccc45)C3)cc21. The van der Waals surface area contributed by atoms with Gasteiger partial charge in [0.05, 0.1) is 0 Å². The first-order valence-electron chi connectivity index (χ1n) is 14.1. The third-order valence-electron chi connectivity index (χ3n) is 8.72. The van der Waals surface area contributed by atoms with Gasteiger partial charge in [-0.05, 0) is 78.4 Å². The second kappa shape index (κ2) is 10.4. The van der Waals surface area contributed by atoms with Crippen molar-refractivity contribution in [2.24, 2.45) is 0 Å². The Morgan fingerprint density at radius 1 is 1.02 bits per heavy atom. The third-order valence-corrected chi connectivity index (χ3v) is 12.4. The lowest BCUT2D eigenvalue weighted by atomic mass is 9.74. The van der Waals surface area contributed by atoms with E-state index in [1.54, 1.807) is 11.3 Å². The molecule has 2 aromatic carbocycles. The molecule has 0 spiro atoms. The van der Waals surface area contributed by atoms with Crippen molar-refractivity contribution >= 4 is 73.6 Å². The fourth-order valence-corrected chi connectivity index (χ4v) is 10.5. The normalized spacial score (nSPS) is 16.6. The van der Waals surface area contributed by atoms with Gasteiger partial charge < -0.3 is 10.4 Å². The fourth-order valence-electron chi connectivity index (χ4n) is 6.51. The Labute approximate surface area is 256 Å². The zero-order valence-corrected chi connectivity index (χ0v) is 25.7. The molecule has 0 aliphatic heterocycles. The Bertz CT molecular complexity index is 1960. The van der Waals surface area contributed by atoms with Gasteiger partial charge in [0.2, 0.25) is 0 Å². The number of anilines is 2. The number of nitriles is 1. The fraction of sp³-hybridized carbons (Fsp3) is 0.200. The van der Waals surface area contributed by atoms with E-state index in [1.807, 2.05) is 46.9 Å². The summed E-state index contributed by atoms with van der Waals surface area (Å²) in [5.41, 5.74) is 5.92. The summed E-state index contributed by atoms with van der Waals surface area (Å²) in [6, 6.07) is 23.3. The minimum absolute atomic E-state index is 0.0820. The number of carboxylic acids is 1. The van der Waals surface area contributed by atoms with E-state index in [0.29, 0.717) is 5.92 Å². The number of thiophene rings is 3. The van der Waals surface area contributed by atoms with E-state index in [-0.39, 0.29) is 11.0 Å². The van der Waals surface area contributed by atoms with E-state index in [9.17, 15) is 15.2 Å². The van der Waals surface area contributed by atoms with Gasteiger partial charge in [-0.25, -0.2) is 4.79 Å². The van der Waals surface area contributed by atoms with E-state index in [4.69, 9.17) is 0 Å². The minimum Gasteiger partial charge on any atom is -0.477 e. The van der Waals surface area contributed by atoms with Crippen LogP contribution < -0.4 is 5.32 Å². The van der Waals surface area contributed by atoms with Crippen molar-refractivity contribution in [3.05, 3.63) is 104 Å². The lowest BCUT2D eigenvalue weighted by molar-refractivity contribution is -0.132. The standard InChI is InChI=1S/C35H28N2O2S3/c1-3-35(4-2)27-17-24(14-21(19-36)34(38)39)40-32(27)33-28(35)18-29(42-33)20-10-12-25-26-13-11-23(16-31(26)41-30(25)15-20)37-22-8-6-5-7-9-22/h5-14,16-18,20,37H,3-4,15H2,1-2H3,(H,38,39)/b21-14+. The van der Waals surface area contributed by atoms with Crippen molar-refractivity contribution < 1.29 is 9.90 Å². The van der Waals surface area contributed by atoms with Crippen LogP contribution in [0.5, 0.6) is 0 Å². The average Bonchev–Trinajstić information content (AvgIpc) is 3.75. The number of benzene rings is 2. The summed E-state index contributed by atoms with van der Waals surface area (Å²) < 4.78 is 1.30. The zero-order valence-electron chi connectivity index (χ0n) is 23.2. The number of carbonyl (C=O) groups is 1. The molecule has 1 unspecified atom stereocenters. The summed E-state index contributed by atoms with van der Waals surface area (Å²) in [7, 11) is 0. The summed E-state index contributed by atoms with van der Waals surface area (Å²) >= 11 is 5.39. The highest BCUT2D eigenvalue weighted by atomic mass is 32.1. The molecule has 0 fully saturated rings. The Hall–Kier alpha value is -3.96. The summed E-state index contributed by atoms with van der Waals surface area (Å²) in [5.74, 6) is -0.856. The maximum absolute atomic E-state index is 11.5. The van der Waals surface area contributed by atoms with Gasteiger partial charge in [0.15, 0.2) is 0 Å². The van der Waals surface area contributed by atoms with Crippen molar-refractivity contribution in [1.82, 2.24) is 0 Å². The molecule has 208 valence electrons. The minimum atomic E-state index is -1.18. The predicted octanol–water partition coefficient (Wildman–Crippen LogP) is 10.2. The van der Waals surface area contributed by atoms with Crippen LogP contribution in [-0.2, 0) is 16.6 Å². The van der Waals surface area contributed by atoms with Gasteiger partial charge >= 0.3 is 5.97 Å². The average molecular weight is 605 g/mol. The van der Waals surface area contributed by atoms with E-state index in [0.717, 1.165) is 35.5 Å². The molecule has 3 heterocycles. The Morgan fingerprint density at radius 3 is 2.52 bits per heavy atom. The highest BCUT2D eigenvalue weighted by molar-refractivity contribution is 7.23. The maximum Gasteiger partial charge on any atom is 0.346 e. The van der Waals surface area contributed by atoms with Crippen LogP contribution in [0.1, 0.15) is 63.9 Å². The van der Waals surface area contributed by atoms with Crippen molar-refractivity contribution in [2.45, 2.75) is 44.4 Å². The van der Waals surface area contributed by atoms with Crippen LogP contribution in [0.15, 0.2) is 72.3 Å². The van der Waals surface area contributed by atoms with Crippen molar-refractivity contribution in [3.63, 3.8) is 0 Å². The van der Waals surface area contributed by atoms with Crippen LogP contribution in [0.25, 0.3) is 32.0 Å². The number of para-hydroxylation sites is 1. The first-order valence-corrected chi connectivity index (χ1v) is 16.6. The highest BCUT2D eigenvalue weighted by Gasteiger charge is 2.44. The number of aliphatic carboxylic acids is 1. The second-order valence-electron chi connectivity index (χ2n) is 10.9. The number of carboxylic acid groups (broad SMARTS) is 1. The van der Waals surface area contributed by atoms with E-state index < -0.39 is 5.97 Å². The van der Waals surface area contributed by atoms with Crippen molar-refractivity contribution in [3.8, 4) is 15.8 Å². The summed E-state index contributed by atoms with van der Waals surface area (Å²) in [6.45, 7) is 4.49. The predicted molar refractivity (Wildman–Crippen MR) is 177 cm³/mol. The van der Waals surface area contributed by atoms with Crippen LogP contribution in [0.4, 0.5) is 11.4 Å². The van der Waals surface area contributed by atoms with Crippen molar-refractivity contribution in [2.75, 3.05) is 5.32 Å². The van der Waals surface area contributed by atoms with Gasteiger partial charge in [0.1, 0.15) is 11.6 Å². The zero-order chi connectivity index (χ0) is 29.0. The van der Waals surface area contributed by atoms with Gasteiger partial charge in [-0.2, -0.15) is 5.26 Å². The lowest BCUT2D eigenvalue weighted by Gasteiger charge is -2.28. The van der Waals surface area contributed by atoms with Crippen LogP contribution in [0, 0.1) is 11.3 Å². The second-order valence-corrected chi connectivity index (χ2v) is 14.2. The van der Waals surface area contributed by atoms with Gasteiger partial charge in [-0.3, -0.25) is 0 Å². The lowest BCUT2D eigenvalue weighted by Crippen LogP contribution is -2.22. The van der Waals surface area contributed by atoms with Crippen LogP contribution >= 0.6 is 34.0 Å².